The van der Waals surface area contributed by atoms with E-state index in [2.05, 4.69) is 5.10 Å². The molecule has 0 aliphatic heterocycles. The van der Waals surface area contributed by atoms with Crippen LogP contribution in [-0.4, -0.2) is 45.3 Å². The molecule has 0 atom stereocenters. The fourth-order valence-electron chi connectivity index (χ4n) is 2.90. The van der Waals surface area contributed by atoms with Crippen LogP contribution in [0.2, 0.25) is 0 Å². The summed E-state index contributed by atoms with van der Waals surface area (Å²) in [4.78, 5) is 36.3. The summed E-state index contributed by atoms with van der Waals surface area (Å²) in [7, 11) is 1.20. The van der Waals surface area contributed by atoms with Crippen molar-refractivity contribution in [3.63, 3.8) is 0 Å². The molecule has 0 unspecified atom stereocenters. The lowest BCUT2D eigenvalue weighted by atomic mass is 10.1. The van der Waals surface area contributed by atoms with Crippen molar-refractivity contribution in [1.29, 1.82) is 0 Å². The number of benzene rings is 1. The van der Waals surface area contributed by atoms with Crippen molar-refractivity contribution in [2.75, 3.05) is 13.2 Å². The molecule has 12 heteroatoms. The van der Waals surface area contributed by atoms with E-state index in [9.17, 15) is 27.6 Å². The number of carbonyl (C=O) groups is 1. The average Bonchev–Trinajstić information content (AvgIpc) is 2.75. The Balaban J connectivity index is 1.99. The molecule has 0 aliphatic carbocycles. The second-order valence-electron chi connectivity index (χ2n) is 7.97. The topological polar surface area (TPSA) is 102 Å². The number of esters is 1. The largest absolute Gasteiger partial charge is 0.476 e. The molecule has 1 aromatic heterocycles. The lowest BCUT2D eigenvalue weighted by Crippen LogP contribution is -2.40. The van der Waals surface area contributed by atoms with E-state index in [1.165, 1.54) is 7.05 Å². The van der Waals surface area contributed by atoms with Crippen molar-refractivity contribution in [2.24, 2.45) is 7.05 Å². The maximum Gasteiger partial charge on any atom is 0.389 e. The van der Waals surface area contributed by atoms with E-state index in [0.717, 1.165) is 14.8 Å². The molecule has 1 aromatic carbocycles. The molecule has 0 N–H and O–H groups in total. The summed E-state index contributed by atoms with van der Waals surface area (Å²) >= 11 is 0. The highest BCUT2D eigenvalue weighted by molar-refractivity contribution is 5.79. The Morgan fingerprint density at radius 3 is 2.35 bits per heavy atom. The summed E-state index contributed by atoms with van der Waals surface area (Å²) < 4.78 is 54.7. The number of nitrogens with zero attached hydrogens (tertiary/aromatic N) is 3. The van der Waals surface area contributed by atoms with Crippen molar-refractivity contribution in [2.45, 2.75) is 58.4 Å². The quantitative estimate of drug-likeness (QED) is 0.449. The van der Waals surface area contributed by atoms with Crippen molar-refractivity contribution in [1.82, 2.24) is 14.3 Å². The molecule has 0 radical (unpaired) electrons. The third kappa shape index (κ3) is 7.63. The van der Waals surface area contributed by atoms with Crippen LogP contribution < -0.4 is 20.7 Å². The fourth-order valence-corrected chi connectivity index (χ4v) is 2.90. The smallest absolute Gasteiger partial charge is 0.389 e. The number of hydrogen-bond acceptors (Lipinski definition) is 7. The Hall–Kier alpha value is -3.31. The zero-order chi connectivity index (χ0) is 25.5. The van der Waals surface area contributed by atoms with Gasteiger partial charge in [0, 0.05) is 26.4 Å². The van der Waals surface area contributed by atoms with Gasteiger partial charge in [-0.05, 0) is 44.9 Å². The highest BCUT2D eigenvalue weighted by Gasteiger charge is 2.31. The molecule has 188 valence electrons. The summed E-state index contributed by atoms with van der Waals surface area (Å²) in [6.07, 6.45) is -5.40. The Labute approximate surface area is 194 Å². The van der Waals surface area contributed by atoms with Crippen LogP contribution in [-0.2, 0) is 29.5 Å². The summed E-state index contributed by atoms with van der Waals surface area (Å²) in [6, 6.07) is 6.86. The number of carbonyl (C=O) groups excluding carboxylic acids is 1. The maximum atomic E-state index is 12.4. The van der Waals surface area contributed by atoms with Crippen LogP contribution in [0.3, 0.4) is 0 Å². The molecule has 9 nitrogen and oxygen atoms in total. The van der Waals surface area contributed by atoms with Crippen LogP contribution in [0.15, 0.2) is 33.9 Å². The second-order valence-corrected chi connectivity index (χ2v) is 7.97. The molecule has 0 spiro atoms. The summed E-state index contributed by atoms with van der Waals surface area (Å²) in [5.74, 6) is -0.393. The first-order valence-corrected chi connectivity index (χ1v) is 10.7. The number of hydrogen-bond donors (Lipinski definition) is 0. The van der Waals surface area contributed by atoms with Gasteiger partial charge in [0.25, 0.3) is 5.88 Å². The number of halogens is 3. The molecule has 2 aromatic rings. The second kappa shape index (κ2) is 11.2. The van der Waals surface area contributed by atoms with Crippen molar-refractivity contribution in [3.05, 3.63) is 50.7 Å². The predicted molar refractivity (Wildman–Crippen MR) is 116 cm³/mol. The van der Waals surface area contributed by atoms with Gasteiger partial charge >= 0.3 is 23.4 Å². The summed E-state index contributed by atoms with van der Waals surface area (Å²) in [5.41, 5.74) is -1.92. The Kier molecular flexibility index (Phi) is 8.88. The lowest BCUT2D eigenvalue weighted by molar-refractivity contribution is -0.158. The minimum atomic E-state index is -4.35. The molecule has 0 bridgehead atoms. The molecular weight excluding hydrogens is 459 g/mol. The van der Waals surface area contributed by atoms with Gasteiger partial charge in [0.05, 0.1) is 13.2 Å². The van der Waals surface area contributed by atoms with Gasteiger partial charge < -0.3 is 14.2 Å². The molecule has 1 heterocycles. The van der Waals surface area contributed by atoms with Gasteiger partial charge in [0.2, 0.25) is 0 Å². The van der Waals surface area contributed by atoms with E-state index in [1.54, 1.807) is 45.0 Å². The highest BCUT2D eigenvalue weighted by atomic mass is 19.4. The van der Waals surface area contributed by atoms with Crippen molar-refractivity contribution < 1.29 is 32.2 Å². The first kappa shape index (κ1) is 26.9. The van der Waals surface area contributed by atoms with Crippen LogP contribution >= 0.6 is 0 Å². The van der Waals surface area contributed by atoms with E-state index in [0.29, 0.717) is 12.2 Å². The van der Waals surface area contributed by atoms with E-state index in [1.807, 2.05) is 0 Å². The molecule has 0 amide bonds. The van der Waals surface area contributed by atoms with Crippen molar-refractivity contribution >= 4 is 5.97 Å². The van der Waals surface area contributed by atoms with Crippen LogP contribution in [0.1, 0.15) is 39.2 Å². The van der Waals surface area contributed by atoms with Gasteiger partial charge in [0.15, 0.2) is 5.60 Å². The van der Waals surface area contributed by atoms with Crippen molar-refractivity contribution in [3.8, 4) is 11.6 Å². The first-order valence-electron chi connectivity index (χ1n) is 10.7. The van der Waals surface area contributed by atoms with E-state index < -0.39 is 35.4 Å². The van der Waals surface area contributed by atoms with E-state index in [4.69, 9.17) is 14.2 Å². The van der Waals surface area contributed by atoms with Gasteiger partial charge in [-0.15, -0.1) is 5.10 Å². The SMILES string of the molecule is CCOC(=O)C(C)(C)Oc1ccc(CCOc2nn(CCCC(F)(F)F)c(=O)n(C)c2=O)cc1. The Morgan fingerprint density at radius 1 is 1.12 bits per heavy atom. The monoisotopic (exact) mass is 487 g/mol. The van der Waals surface area contributed by atoms with Crippen LogP contribution in [0.25, 0.3) is 0 Å². The molecule has 34 heavy (non-hydrogen) atoms. The van der Waals surface area contributed by atoms with Gasteiger partial charge in [-0.2, -0.15) is 13.2 Å². The molecule has 0 saturated heterocycles. The minimum Gasteiger partial charge on any atom is -0.476 e. The predicted octanol–water partition coefficient (Wildman–Crippen LogP) is 2.63. The van der Waals surface area contributed by atoms with Crippen LogP contribution in [0, 0.1) is 0 Å². The summed E-state index contributed by atoms with van der Waals surface area (Å²) in [6.45, 7) is 4.89. The fraction of sp³-hybridized carbons (Fsp3) is 0.545. The molecular formula is C22H28F3N3O6. The van der Waals surface area contributed by atoms with E-state index in [-0.39, 0.29) is 32.1 Å². The highest BCUT2D eigenvalue weighted by Crippen LogP contribution is 2.22. The van der Waals surface area contributed by atoms with Crippen LogP contribution in [0.5, 0.6) is 11.6 Å². The maximum absolute atomic E-state index is 12.4. The normalized spacial score (nSPS) is 11.9. The standard InChI is InChI=1S/C22H28F3N3O6/c1-5-32-19(30)21(2,3)34-16-9-7-15(8-10-16)11-14-33-17-18(29)27(4)20(31)28(26-17)13-6-12-22(23,24)25/h7-10H,5-6,11-14H2,1-4H3. The average molecular weight is 487 g/mol. The van der Waals surface area contributed by atoms with Gasteiger partial charge in [0.1, 0.15) is 5.75 Å². The number of ether oxygens (including phenoxy) is 3. The van der Waals surface area contributed by atoms with Crippen LogP contribution in [0.4, 0.5) is 13.2 Å². The van der Waals surface area contributed by atoms with Gasteiger partial charge in [-0.3, -0.25) is 9.36 Å². The van der Waals surface area contributed by atoms with E-state index >= 15 is 0 Å². The molecule has 2 rings (SSSR count). The number of aryl methyl sites for hydroxylation is 1. The molecule has 0 saturated carbocycles. The Morgan fingerprint density at radius 2 is 1.76 bits per heavy atom. The number of alkyl halides is 3. The third-order valence-corrected chi connectivity index (χ3v) is 4.73. The number of rotatable bonds is 11. The Bertz CT molecular complexity index is 1090. The third-order valence-electron chi connectivity index (χ3n) is 4.73. The summed E-state index contributed by atoms with van der Waals surface area (Å²) in [5, 5.41) is 3.79. The number of aromatic nitrogens is 3. The first-order chi connectivity index (χ1) is 15.8. The molecule has 0 fully saturated rings. The lowest BCUT2D eigenvalue weighted by Gasteiger charge is -2.24. The minimum absolute atomic E-state index is 0.0392. The van der Waals surface area contributed by atoms with Gasteiger partial charge in [-0.1, -0.05) is 12.1 Å². The van der Waals surface area contributed by atoms with Gasteiger partial charge in [-0.25, -0.2) is 14.3 Å². The zero-order valence-electron chi connectivity index (χ0n) is 19.5. The zero-order valence-corrected chi connectivity index (χ0v) is 19.5. The molecule has 0 aliphatic rings.